The SMILES string of the molecule is COC(=O)c1c(NC(=S)Nc2ccccc2Cc2ccccc2)sc2c1CCC2. The monoisotopic (exact) mass is 422 g/mol. The molecule has 6 heteroatoms. The van der Waals surface area contributed by atoms with Crippen molar-refractivity contribution >= 4 is 45.3 Å². The summed E-state index contributed by atoms with van der Waals surface area (Å²) >= 11 is 7.16. The molecule has 4 nitrogen and oxygen atoms in total. The number of rotatable bonds is 5. The van der Waals surface area contributed by atoms with E-state index in [2.05, 4.69) is 28.8 Å². The predicted molar refractivity (Wildman–Crippen MR) is 123 cm³/mol. The van der Waals surface area contributed by atoms with Gasteiger partial charge in [0.15, 0.2) is 5.11 Å². The van der Waals surface area contributed by atoms with Gasteiger partial charge in [0.05, 0.1) is 12.7 Å². The van der Waals surface area contributed by atoms with Crippen molar-refractivity contribution in [2.75, 3.05) is 17.7 Å². The van der Waals surface area contributed by atoms with Gasteiger partial charge in [-0.2, -0.15) is 0 Å². The van der Waals surface area contributed by atoms with Crippen molar-refractivity contribution in [2.24, 2.45) is 0 Å². The number of fused-ring (bicyclic) bond motifs is 1. The summed E-state index contributed by atoms with van der Waals surface area (Å²) in [5.41, 5.74) is 5.09. The fourth-order valence-corrected chi connectivity index (χ4v) is 5.24. The smallest absolute Gasteiger partial charge is 0.341 e. The van der Waals surface area contributed by atoms with E-state index in [1.54, 1.807) is 11.3 Å². The highest BCUT2D eigenvalue weighted by atomic mass is 32.1. The molecule has 0 atom stereocenters. The van der Waals surface area contributed by atoms with Crippen molar-refractivity contribution in [3.05, 3.63) is 81.7 Å². The number of methoxy groups -OCH3 is 1. The number of thiophene rings is 1. The zero-order valence-electron chi connectivity index (χ0n) is 16.2. The number of benzene rings is 2. The number of anilines is 2. The normalized spacial score (nSPS) is 12.3. The highest BCUT2D eigenvalue weighted by Gasteiger charge is 2.27. The Hall–Kier alpha value is -2.70. The molecule has 0 aliphatic heterocycles. The predicted octanol–water partition coefficient (Wildman–Crippen LogP) is 5.42. The number of thiocarbonyl (C=S) groups is 1. The molecule has 0 saturated carbocycles. The maximum Gasteiger partial charge on any atom is 0.341 e. The Labute approximate surface area is 179 Å². The Bertz CT molecular complexity index is 1040. The van der Waals surface area contributed by atoms with Crippen LogP contribution in [-0.4, -0.2) is 18.2 Å². The van der Waals surface area contributed by atoms with Gasteiger partial charge < -0.3 is 15.4 Å². The Morgan fingerprint density at radius 1 is 1.07 bits per heavy atom. The van der Waals surface area contributed by atoms with E-state index in [4.69, 9.17) is 17.0 Å². The molecule has 0 unspecified atom stereocenters. The molecule has 2 N–H and O–H groups in total. The summed E-state index contributed by atoms with van der Waals surface area (Å²) in [5.74, 6) is -0.306. The van der Waals surface area contributed by atoms with E-state index >= 15 is 0 Å². The number of hydrogen-bond donors (Lipinski definition) is 2. The van der Waals surface area contributed by atoms with Crippen LogP contribution in [0, 0.1) is 0 Å². The van der Waals surface area contributed by atoms with Crippen molar-refractivity contribution in [1.29, 1.82) is 0 Å². The number of carbonyl (C=O) groups is 1. The molecular weight excluding hydrogens is 400 g/mol. The standard InChI is InChI=1S/C23H22N2O2S2/c1-27-22(26)20-17-11-7-13-19(17)29-21(20)25-23(28)24-18-12-6-5-10-16(18)14-15-8-3-2-4-9-15/h2-6,8-10,12H,7,11,13-14H2,1H3,(H2,24,25,28). The number of hydrogen-bond acceptors (Lipinski definition) is 4. The first kappa shape index (κ1) is 19.6. The Morgan fingerprint density at radius 3 is 2.62 bits per heavy atom. The van der Waals surface area contributed by atoms with Crippen LogP contribution < -0.4 is 10.6 Å². The molecule has 0 radical (unpaired) electrons. The molecule has 0 bridgehead atoms. The Kier molecular flexibility index (Phi) is 5.92. The van der Waals surface area contributed by atoms with Crippen molar-refractivity contribution in [3.63, 3.8) is 0 Å². The van der Waals surface area contributed by atoms with Crippen LogP contribution in [0.5, 0.6) is 0 Å². The van der Waals surface area contributed by atoms with E-state index in [-0.39, 0.29) is 5.97 Å². The molecule has 1 heterocycles. The Balaban J connectivity index is 1.52. The zero-order chi connectivity index (χ0) is 20.2. The van der Waals surface area contributed by atoms with Crippen LogP contribution in [0.15, 0.2) is 54.6 Å². The van der Waals surface area contributed by atoms with Gasteiger partial charge in [-0.15, -0.1) is 11.3 Å². The molecule has 1 aromatic heterocycles. The molecular formula is C23H22N2O2S2. The molecule has 1 aliphatic carbocycles. The second-order valence-corrected chi connectivity index (χ2v) is 8.47. The third-order valence-electron chi connectivity index (χ3n) is 5.04. The van der Waals surface area contributed by atoms with Crippen molar-refractivity contribution < 1.29 is 9.53 Å². The molecule has 0 fully saturated rings. The summed E-state index contributed by atoms with van der Waals surface area (Å²) in [6.07, 6.45) is 3.82. The van der Waals surface area contributed by atoms with Gasteiger partial charge in [-0.3, -0.25) is 0 Å². The van der Waals surface area contributed by atoms with E-state index in [0.29, 0.717) is 10.7 Å². The second kappa shape index (κ2) is 8.76. The maximum atomic E-state index is 12.3. The maximum absolute atomic E-state index is 12.3. The molecule has 1 aliphatic rings. The highest BCUT2D eigenvalue weighted by molar-refractivity contribution is 7.80. The fourth-order valence-electron chi connectivity index (χ4n) is 3.68. The Morgan fingerprint density at radius 2 is 1.83 bits per heavy atom. The number of para-hydroxylation sites is 1. The largest absolute Gasteiger partial charge is 0.465 e. The van der Waals surface area contributed by atoms with E-state index < -0.39 is 0 Å². The summed E-state index contributed by atoms with van der Waals surface area (Å²) in [4.78, 5) is 13.6. The third-order valence-corrected chi connectivity index (χ3v) is 6.45. The lowest BCUT2D eigenvalue weighted by Gasteiger charge is -2.14. The van der Waals surface area contributed by atoms with Crippen molar-refractivity contribution in [3.8, 4) is 0 Å². The number of nitrogens with one attached hydrogen (secondary N) is 2. The van der Waals surface area contributed by atoms with Crippen LogP contribution in [0.1, 0.15) is 38.3 Å². The first-order valence-electron chi connectivity index (χ1n) is 9.58. The fraction of sp³-hybridized carbons (Fsp3) is 0.217. The van der Waals surface area contributed by atoms with Crippen LogP contribution >= 0.6 is 23.6 Å². The summed E-state index contributed by atoms with van der Waals surface area (Å²) in [5, 5.41) is 7.77. The number of aryl methyl sites for hydroxylation is 1. The molecule has 3 aromatic rings. The van der Waals surface area contributed by atoms with Gasteiger partial charge in [0.25, 0.3) is 0 Å². The highest BCUT2D eigenvalue weighted by Crippen LogP contribution is 2.39. The van der Waals surface area contributed by atoms with Gasteiger partial charge in [-0.05, 0) is 60.7 Å². The minimum atomic E-state index is -0.306. The summed E-state index contributed by atoms with van der Waals surface area (Å²) < 4.78 is 5.01. The lowest BCUT2D eigenvalue weighted by Crippen LogP contribution is -2.21. The molecule has 0 saturated heterocycles. The van der Waals surface area contributed by atoms with Crippen LogP contribution in [0.2, 0.25) is 0 Å². The van der Waals surface area contributed by atoms with Crippen LogP contribution in [0.3, 0.4) is 0 Å². The average Bonchev–Trinajstić information content (AvgIpc) is 3.30. The topological polar surface area (TPSA) is 50.4 Å². The summed E-state index contributed by atoms with van der Waals surface area (Å²) in [6, 6.07) is 18.5. The lowest BCUT2D eigenvalue weighted by molar-refractivity contribution is 0.0601. The van der Waals surface area contributed by atoms with E-state index in [1.165, 1.54) is 17.6 Å². The quantitative estimate of drug-likeness (QED) is 0.425. The van der Waals surface area contributed by atoms with Crippen LogP contribution in [0.4, 0.5) is 10.7 Å². The van der Waals surface area contributed by atoms with Gasteiger partial charge in [0, 0.05) is 10.6 Å². The lowest BCUT2D eigenvalue weighted by atomic mass is 10.0. The van der Waals surface area contributed by atoms with Gasteiger partial charge in [0.2, 0.25) is 0 Å². The van der Waals surface area contributed by atoms with Gasteiger partial charge in [0.1, 0.15) is 5.00 Å². The first-order chi connectivity index (χ1) is 14.2. The molecule has 29 heavy (non-hydrogen) atoms. The van der Waals surface area contributed by atoms with Gasteiger partial charge in [-0.1, -0.05) is 48.5 Å². The average molecular weight is 423 g/mol. The number of esters is 1. The second-order valence-electron chi connectivity index (χ2n) is 6.95. The van der Waals surface area contributed by atoms with E-state index in [1.807, 2.05) is 36.4 Å². The molecule has 0 amide bonds. The summed E-state index contributed by atoms with van der Waals surface area (Å²) in [6.45, 7) is 0. The van der Waals surface area contributed by atoms with Crippen molar-refractivity contribution in [2.45, 2.75) is 25.7 Å². The van der Waals surface area contributed by atoms with E-state index in [0.717, 1.165) is 47.5 Å². The van der Waals surface area contributed by atoms with Gasteiger partial charge in [-0.25, -0.2) is 4.79 Å². The summed E-state index contributed by atoms with van der Waals surface area (Å²) in [7, 11) is 1.42. The molecule has 4 rings (SSSR count). The minimum absolute atomic E-state index is 0.306. The molecule has 0 spiro atoms. The molecule has 2 aromatic carbocycles. The van der Waals surface area contributed by atoms with Crippen molar-refractivity contribution in [1.82, 2.24) is 0 Å². The number of ether oxygens (including phenoxy) is 1. The first-order valence-corrected chi connectivity index (χ1v) is 10.8. The van der Waals surface area contributed by atoms with Crippen LogP contribution in [0.25, 0.3) is 0 Å². The minimum Gasteiger partial charge on any atom is -0.465 e. The third kappa shape index (κ3) is 4.33. The molecule has 148 valence electrons. The zero-order valence-corrected chi connectivity index (χ0v) is 17.8. The van der Waals surface area contributed by atoms with Gasteiger partial charge >= 0.3 is 5.97 Å². The van der Waals surface area contributed by atoms with E-state index in [9.17, 15) is 4.79 Å². The number of carbonyl (C=O) groups excluding carboxylic acids is 1. The van der Waals surface area contributed by atoms with Crippen LogP contribution in [-0.2, 0) is 24.0 Å².